The van der Waals surface area contributed by atoms with Crippen molar-refractivity contribution >= 4 is 5.97 Å². The molecule has 1 unspecified atom stereocenters. The number of carbonyl (C=O) groups is 1. The molecule has 1 atom stereocenters. The van der Waals surface area contributed by atoms with Gasteiger partial charge in [0.1, 0.15) is 0 Å². The topological polar surface area (TPSA) is 48.0 Å². The molecule has 1 aliphatic heterocycles. The van der Waals surface area contributed by atoms with E-state index in [9.17, 15) is 4.79 Å². The monoisotopic (exact) mass is 217 g/mol. The molecule has 0 spiro atoms. The summed E-state index contributed by atoms with van der Waals surface area (Å²) < 4.78 is 14.9. The van der Waals surface area contributed by atoms with E-state index in [0.717, 1.165) is 19.5 Å². The van der Waals surface area contributed by atoms with Crippen molar-refractivity contribution in [3.63, 3.8) is 0 Å². The van der Waals surface area contributed by atoms with Crippen LogP contribution in [-0.4, -0.2) is 58.1 Å². The van der Waals surface area contributed by atoms with Gasteiger partial charge >= 0.3 is 5.97 Å². The van der Waals surface area contributed by atoms with Crippen molar-refractivity contribution in [2.45, 2.75) is 12.7 Å². The number of ether oxygens (including phenoxy) is 3. The Kier molecular flexibility index (Phi) is 5.01. The Morgan fingerprint density at radius 2 is 2.07 bits per heavy atom. The van der Waals surface area contributed by atoms with Crippen LogP contribution in [0.4, 0.5) is 0 Å². The van der Waals surface area contributed by atoms with Gasteiger partial charge in [0.2, 0.25) is 0 Å². The maximum atomic E-state index is 11.3. The fraction of sp³-hybridized carbons (Fsp3) is 0.900. The van der Waals surface area contributed by atoms with Crippen LogP contribution in [0.3, 0.4) is 0 Å². The van der Waals surface area contributed by atoms with Crippen LogP contribution < -0.4 is 0 Å². The first-order valence-corrected chi connectivity index (χ1v) is 5.07. The fourth-order valence-electron chi connectivity index (χ4n) is 1.81. The number of carbonyl (C=O) groups excluding carboxylic acids is 1. The number of nitrogens with zero attached hydrogens (tertiary/aromatic N) is 1. The highest BCUT2D eigenvalue weighted by Gasteiger charge is 2.30. The Morgan fingerprint density at radius 1 is 1.40 bits per heavy atom. The third kappa shape index (κ3) is 3.44. The lowest BCUT2D eigenvalue weighted by atomic mass is 10.1. The number of hydrogen-bond acceptors (Lipinski definition) is 5. The SMILES string of the molecule is COC(=O)C1CCN(CC(OC)OC)C1. The Labute approximate surface area is 90.3 Å². The van der Waals surface area contributed by atoms with Gasteiger partial charge in [-0.15, -0.1) is 0 Å². The molecule has 15 heavy (non-hydrogen) atoms. The number of esters is 1. The molecule has 5 heteroatoms. The van der Waals surface area contributed by atoms with Crippen LogP contribution in [0.1, 0.15) is 6.42 Å². The zero-order valence-electron chi connectivity index (χ0n) is 9.56. The van der Waals surface area contributed by atoms with Gasteiger partial charge in [-0.3, -0.25) is 9.69 Å². The van der Waals surface area contributed by atoms with Crippen LogP contribution in [0.15, 0.2) is 0 Å². The smallest absolute Gasteiger partial charge is 0.310 e. The summed E-state index contributed by atoms with van der Waals surface area (Å²) in [5, 5.41) is 0. The summed E-state index contributed by atoms with van der Waals surface area (Å²) in [6.45, 7) is 2.32. The first-order valence-electron chi connectivity index (χ1n) is 5.07. The molecule has 0 amide bonds. The highest BCUT2D eigenvalue weighted by Crippen LogP contribution is 2.17. The summed E-state index contributed by atoms with van der Waals surface area (Å²) in [6, 6.07) is 0. The molecule has 1 heterocycles. The van der Waals surface area contributed by atoms with Crippen molar-refractivity contribution in [1.82, 2.24) is 4.90 Å². The van der Waals surface area contributed by atoms with Crippen molar-refractivity contribution in [2.75, 3.05) is 41.0 Å². The van der Waals surface area contributed by atoms with E-state index in [4.69, 9.17) is 14.2 Å². The van der Waals surface area contributed by atoms with E-state index < -0.39 is 0 Å². The fourth-order valence-corrected chi connectivity index (χ4v) is 1.81. The van der Waals surface area contributed by atoms with Gasteiger partial charge in [-0.2, -0.15) is 0 Å². The van der Waals surface area contributed by atoms with Gasteiger partial charge in [-0.25, -0.2) is 0 Å². The lowest BCUT2D eigenvalue weighted by Gasteiger charge is -2.21. The molecule has 0 saturated carbocycles. The Bertz CT molecular complexity index is 206. The van der Waals surface area contributed by atoms with E-state index in [1.54, 1.807) is 14.2 Å². The first-order chi connectivity index (χ1) is 7.21. The van der Waals surface area contributed by atoms with Gasteiger partial charge in [-0.1, -0.05) is 0 Å². The number of rotatable bonds is 5. The van der Waals surface area contributed by atoms with Crippen LogP contribution in [0.2, 0.25) is 0 Å². The summed E-state index contributed by atoms with van der Waals surface area (Å²) in [7, 11) is 4.65. The molecule has 0 aromatic rings. The largest absolute Gasteiger partial charge is 0.469 e. The molecular formula is C10H19NO4. The van der Waals surface area contributed by atoms with Crippen molar-refractivity contribution in [2.24, 2.45) is 5.92 Å². The average Bonchev–Trinajstić information content (AvgIpc) is 2.73. The molecule has 88 valence electrons. The molecule has 0 aromatic heterocycles. The summed E-state index contributed by atoms with van der Waals surface area (Å²) in [4.78, 5) is 13.4. The van der Waals surface area contributed by atoms with Crippen LogP contribution >= 0.6 is 0 Å². The standard InChI is InChI=1S/C10H19NO4/c1-13-9(14-2)7-11-5-4-8(6-11)10(12)15-3/h8-9H,4-7H2,1-3H3. The second kappa shape index (κ2) is 6.05. The highest BCUT2D eigenvalue weighted by atomic mass is 16.7. The van der Waals surface area contributed by atoms with E-state index in [2.05, 4.69) is 4.90 Å². The average molecular weight is 217 g/mol. The molecule has 1 rings (SSSR count). The van der Waals surface area contributed by atoms with Crippen molar-refractivity contribution in [1.29, 1.82) is 0 Å². The third-order valence-corrected chi connectivity index (χ3v) is 2.74. The first kappa shape index (κ1) is 12.4. The number of likely N-dealkylation sites (tertiary alicyclic amines) is 1. The normalized spacial score (nSPS) is 22.3. The Balaban J connectivity index is 2.33. The van der Waals surface area contributed by atoms with Crippen molar-refractivity contribution < 1.29 is 19.0 Å². The van der Waals surface area contributed by atoms with Crippen molar-refractivity contribution in [3.8, 4) is 0 Å². The minimum atomic E-state index is -0.221. The molecule has 1 fully saturated rings. The molecule has 1 saturated heterocycles. The third-order valence-electron chi connectivity index (χ3n) is 2.74. The minimum Gasteiger partial charge on any atom is -0.469 e. The molecule has 0 radical (unpaired) electrons. The lowest BCUT2D eigenvalue weighted by Crippen LogP contribution is -2.33. The lowest BCUT2D eigenvalue weighted by molar-refractivity contribution is -0.145. The Hall–Kier alpha value is -0.650. The molecule has 5 nitrogen and oxygen atoms in total. The molecular weight excluding hydrogens is 198 g/mol. The zero-order chi connectivity index (χ0) is 11.3. The van der Waals surface area contributed by atoms with E-state index in [0.29, 0.717) is 6.54 Å². The quantitative estimate of drug-likeness (QED) is 0.483. The van der Waals surface area contributed by atoms with E-state index >= 15 is 0 Å². The number of hydrogen-bond donors (Lipinski definition) is 0. The van der Waals surface area contributed by atoms with Crippen LogP contribution in [-0.2, 0) is 19.0 Å². The highest BCUT2D eigenvalue weighted by molar-refractivity contribution is 5.72. The maximum Gasteiger partial charge on any atom is 0.310 e. The van der Waals surface area contributed by atoms with Gasteiger partial charge < -0.3 is 14.2 Å². The van der Waals surface area contributed by atoms with Crippen molar-refractivity contribution in [3.05, 3.63) is 0 Å². The molecule has 0 aliphatic carbocycles. The van der Waals surface area contributed by atoms with Gasteiger partial charge in [0, 0.05) is 27.3 Å². The van der Waals surface area contributed by atoms with E-state index in [-0.39, 0.29) is 18.2 Å². The van der Waals surface area contributed by atoms with E-state index in [1.807, 2.05) is 0 Å². The minimum absolute atomic E-state index is 0.00404. The predicted molar refractivity (Wildman–Crippen MR) is 54.4 cm³/mol. The maximum absolute atomic E-state index is 11.3. The summed E-state index contributed by atoms with van der Waals surface area (Å²) in [5.41, 5.74) is 0. The molecule has 1 aliphatic rings. The van der Waals surface area contributed by atoms with Crippen LogP contribution in [0.5, 0.6) is 0 Å². The van der Waals surface area contributed by atoms with Gasteiger partial charge in [0.05, 0.1) is 13.0 Å². The summed E-state index contributed by atoms with van der Waals surface area (Å²) in [5.74, 6) is -0.117. The molecule has 0 bridgehead atoms. The van der Waals surface area contributed by atoms with Gasteiger partial charge in [0.15, 0.2) is 6.29 Å². The van der Waals surface area contributed by atoms with Crippen LogP contribution in [0.25, 0.3) is 0 Å². The second-order valence-corrected chi connectivity index (χ2v) is 3.67. The van der Waals surface area contributed by atoms with Gasteiger partial charge in [0.25, 0.3) is 0 Å². The van der Waals surface area contributed by atoms with E-state index in [1.165, 1.54) is 7.11 Å². The number of methoxy groups -OCH3 is 3. The second-order valence-electron chi connectivity index (χ2n) is 3.67. The molecule has 0 N–H and O–H groups in total. The van der Waals surface area contributed by atoms with Crippen LogP contribution in [0, 0.1) is 5.92 Å². The van der Waals surface area contributed by atoms with Gasteiger partial charge in [-0.05, 0) is 13.0 Å². The summed E-state index contributed by atoms with van der Waals surface area (Å²) >= 11 is 0. The predicted octanol–water partition coefficient (Wildman–Crippen LogP) is 0.100. The summed E-state index contributed by atoms with van der Waals surface area (Å²) in [6.07, 6.45) is 0.633. The Morgan fingerprint density at radius 3 is 2.60 bits per heavy atom. The zero-order valence-corrected chi connectivity index (χ0v) is 9.56. The molecule has 0 aromatic carbocycles.